The summed E-state index contributed by atoms with van der Waals surface area (Å²) in [6, 6.07) is 1.06. The maximum absolute atomic E-state index is 12.5. The molecule has 1 aromatic rings. The molecule has 0 aliphatic heterocycles. The molecule has 94 valence electrons. The molecular formula is C10H9BrClF2NO2. The van der Waals surface area contributed by atoms with Crippen LogP contribution in [-0.2, 0) is 16.0 Å². The Morgan fingerprint density at radius 1 is 1.65 bits per heavy atom. The van der Waals surface area contributed by atoms with Gasteiger partial charge in [0.1, 0.15) is 5.69 Å². The monoisotopic (exact) mass is 327 g/mol. The van der Waals surface area contributed by atoms with Crippen LogP contribution in [0.2, 0.25) is 5.02 Å². The van der Waals surface area contributed by atoms with E-state index < -0.39 is 18.1 Å². The molecule has 0 saturated heterocycles. The SMILES string of the molecule is CCOC(=O)Cc1nc(C(F)F)cc(Cl)c1Br. The van der Waals surface area contributed by atoms with Crippen molar-refractivity contribution in [3.63, 3.8) is 0 Å². The first kappa shape index (κ1) is 14.3. The van der Waals surface area contributed by atoms with Gasteiger partial charge in [-0.05, 0) is 28.9 Å². The Bertz CT molecular complexity index is 429. The molecule has 0 aliphatic rings. The average molecular weight is 329 g/mol. The number of ether oxygens (including phenoxy) is 1. The van der Waals surface area contributed by atoms with Crippen LogP contribution in [0.3, 0.4) is 0 Å². The fourth-order valence-electron chi connectivity index (χ4n) is 1.15. The highest BCUT2D eigenvalue weighted by atomic mass is 79.9. The summed E-state index contributed by atoms with van der Waals surface area (Å²) in [6.45, 7) is 1.88. The van der Waals surface area contributed by atoms with Crippen molar-refractivity contribution in [1.82, 2.24) is 4.98 Å². The second-order valence-corrected chi connectivity index (χ2v) is 4.27. The van der Waals surface area contributed by atoms with Crippen molar-refractivity contribution in [3.8, 4) is 0 Å². The van der Waals surface area contributed by atoms with E-state index in [0.717, 1.165) is 6.07 Å². The highest BCUT2D eigenvalue weighted by molar-refractivity contribution is 9.10. The van der Waals surface area contributed by atoms with Crippen LogP contribution in [0.4, 0.5) is 8.78 Å². The van der Waals surface area contributed by atoms with Crippen molar-refractivity contribution in [3.05, 3.63) is 26.9 Å². The number of carbonyl (C=O) groups is 1. The van der Waals surface area contributed by atoms with Gasteiger partial charge in [-0.1, -0.05) is 11.6 Å². The molecule has 0 atom stereocenters. The maximum Gasteiger partial charge on any atom is 0.311 e. The number of carbonyl (C=O) groups excluding carboxylic acids is 1. The van der Waals surface area contributed by atoms with Crippen LogP contribution in [0.5, 0.6) is 0 Å². The molecule has 0 N–H and O–H groups in total. The van der Waals surface area contributed by atoms with Crippen LogP contribution < -0.4 is 0 Å². The summed E-state index contributed by atoms with van der Waals surface area (Å²) in [5, 5.41) is 0.0922. The number of pyridine rings is 1. The summed E-state index contributed by atoms with van der Waals surface area (Å²) in [6.07, 6.45) is -2.93. The zero-order chi connectivity index (χ0) is 13.0. The Balaban J connectivity index is 3.01. The fraction of sp³-hybridized carbons (Fsp3) is 0.400. The normalized spacial score (nSPS) is 10.7. The first-order chi connectivity index (χ1) is 7.95. The van der Waals surface area contributed by atoms with Crippen LogP contribution in [-0.4, -0.2) is 17.6 Å². The van der Waals surface area contributed by atoms with Gasteiger partial charge < -0.3 is 4.74 Å². The first-order valence-corrected chi connectivity index (χ1v) is 5.91. The maximum atomic E-state index is 12.5. The van der Waals surface area contributed by atoms with Crippen molar-refractivity contribution >= 4 is 33.5 Å². The summed E-state index contributed by atoms with van der Waals surface area (Å²) in [5.74, 6) is -0.539. The molecule has 0 aliphatic carbocycles. The third-order valence-corrected chi connectivity index (χ3v) is 3.25. The third-order valence-electron chi connectivity index (χ3n) is 1.84. The van der Waals surface area contributed by atoms with Crippen molar-refractivity contribution < 1.29 is 18.3 Å². The standard InChI is InChI=1S/C10H9BrClF2NO2/c1-2-17-8(16)4-6-9(11)5(12)3-7(15-6)10(13)14/h3,10H,2,4H2,1H3. The summed E-state index contributed by atoms with van der Waals surface area (Å²) >= 11 is 8.85. The van der Waals surface area contributed by atoms with E-state index in [1.807, 2.05) is 0 Å². The highest BCUT2D eigenvalue weighted by Crippen LogP contribution is 2.29. The van der Waals surface area contributed by atoms with Crippen LogP contribution in [0.1, 0.15) is 24.7 Å². The number of hydrogen-bond acceptors (Lipinski definition) is 3. The number of rotatable bonds is 4. The van der Waals surface area contributed by atoms with E-state index in [9.17, 15) is 13.6 Å². The van der Waals surface area contributed by atoms with Crippen molar-refractivity contribution in [2.45, 2.75) is 19.8 Å². The van der Waals surface area contributed by atoms with Crippen molar-refractivity contribution in [2.75, 3.05) is 6.61 Å². The van der Waals surface area contributed by atoms with Gasteiger partial charge in [0, 0.05) is 0 Å². The molecule has 0 unspecified atom stereocenters. The predicted octanol–water partition coefficient (Wildman–Crippen LogP) is 3.54. The van der Waals surface area contributed by atoms with E-state index in [4.69, 9.17) is 16.3 Å². The highest BCUT2D eigenvalue weighted by Gasteiger charge is 2.17. The van der Waals surface area contributed by atoms with Crippen LogP contribution in [0.25, 0.3) is 0 Å². The molecule has 0 spiro atoms. The second-order valence-electron chi connectivity index (χ2n) is 3.07. The second kappa shape index (κ2) is 6.26. The Morgan fingerprint density at radius 2 is 2.29 bits per heavy atom. The molecule has 0 saturated carbocycles. The number of alkyl halides is 2. The van der Waals surface area contributed by atoms with Crippen LogP contribution in [0.15, 0.2) is 10.5 Å². The molecule has 0 bridgehead atoms. The van der Waals surface area contributed by atoms with E-state index in [-0.39, 0.29) is 23.7 Å². The summed E-state index contributed by atoms with van der Waals surface area (Å²) in [7, 11) is 0. The Hall–Kier alpha value is -0.750. The topological polar surface area (TPSA) is 39.2 Å². The molecular weight excluding hydrogens is 319 g/mol. The smallest absolute Gasteiger partial charge is 0.311 e. The lowest BCUT2D eigenvalue weighted by atomic mass is 10.2. The third kappa shape index (κ3) is 3.89. The number of esters is 1. The minimum absolute atomic E-state index is 0.0922. The lowest BCUT2D eigenvalue weighted by molar-refractivity contribution is -0.142. The molecule has 0 fully saturated rings. The summed E-state index contributed by atoms with van der Waals surface area (Å²) < 4.78 is 30.0. The van der Waals surface area contributed by atoms with Gasteiger partial charge in [0.25, 0.3) is 6.43 Å². The molecule has 1 heterocycles. The van der Waals surface area contributed by atoms with Gasteiger partial charge in [-0.2, -0.15) is 0 Å². The van der Waals surface area contributed by atoms with Gasteiger partial charge in [0.15, 0.2) is 0 Å². The minimum atomic E-state index is -2.73. The van der Waals surface area contributed by atoms with E-state index in [0.29, 0.717) is 4.47 Å². The zero-order valence-corrected chi connectivity index (χ0v) is 11.2. The van der Waals surface area contributed by atoms with Gasteiger partial charge in [-0.25, -0.2) is 13.8 Å². The summed E-state index contributed by atoms with van der Waals surface area (Å²) in [4.78, 5) is 14.9. The van der Waals surface area contributed by atoms with E-state index in [1.54, 1.807) is 6.92 Å². The molecule has 0 amide bonds. The molecule has 0 aromatic carbocycles. The van der Waals surface area contributed by atoms with Crippen LogP contribution >= 0.6 is 27.5 Å². The molecule has 1 rings (SSSR count). The van der Waals surface area contributed by atoms with Gasteiger partial charge in [-0.3, -0.25) is 4.79 Å². The summed E-state index contributed by atoms with van der Waals surface area (Å²) in [5.41, 5.74) is -0.316. The molecule has 0 radical (unpaired) electrons. The predicted molar refractivity (Wildman–Crippen MR) is 62.2 cm³/mol. The number of halogens is 4. The largest absolute Gasteiger partial charge is 0.466 e. The zero-order valence-electron chi connectivity index (χ0n) is 8.84. The van der Waals surface area contributed by atoms with Gasteiger partial charge >= 0.3 is 5.97 Å². The quantitative estimate of drug-likeness (QED) is 0.794. The van der Waals surface area contributed by atoms with Gasteiger partial charge in [0.2, 0.25) is 0 Å². The van der Waals surface area contributed by atoms with Crippen molar-refractivity contribution in [2.24, 2.45) is 0 Å². The van der Waals surface area contributed by atoms with Crippen molar-refractivity contribution in [1.29, 1.82) is 0 Å². The Kier molecular flexibility index (Phi) is 5.27. The molecule has 3 nitrogen and oxygen atoms in total. The van der Waals surface area contributed by atoms with Crippen LogP contribution in [0, 0.1) is 0 Å². The Labute approximate surface area is 110 Å². The molecule has 1 aromatic heterocycles. The van der Waals surface area contributed by atoms with E-state index in [2.05, 4.69) is 20.9 Å². The fourth-order valence-corrected chi connectivity index (χ4v) is 1.71. The lowest BCUT2D eigenvalue weighted by Crippen LogP contribution is -2.10. The van der Waals surface area contributed by atoms with E-state index >= 15 is 0 Å². The van der Waals surface area contributed by atoms with Gasteiger partial charge in [0.05, 0.1) is 28.2 Å². The van der Waals surface area contributed by atoms with E-state index in [1.165, 1.54) is 0 Å². The molecule has 7 heteroatoms. The number of nitrogens with zero attached hydrogens (tertiary/aromatic N) is 1. The number of aromatic nitrogens is 1. The van der Waals surface area contributed by atoms with Gasteiger partial charge in [-0.15, -0.1) is 0 Å². The minimum Gasteiger partial charge on any atom is -0.466 e. The number of hydrogen-bond donors (Lipinski definition) is 0. The lowest BCUT2D eigenvalue weighted by Gasteiger charge is -2.08. The first-order valence-electron chi connectivity index (χ1n) is 4.74. The molecule has 17 heavy (non-hydrogen) atoms. The Morgan fingerprint density at radius 3 is 2.82 bits per heavy atom. The average Bonchev–Trinajstić information content (AvgIpc) is 2.24.